The maximum atomic E-state index is 12.3. The Morgan fingerprint density at radius 3 is 2.33 bits per heavy atom. The fourth-order valence-electron chi connectivity index (χ4n) is 4.19. The van der Waals surface area contributed by atoms with Crippen molar-refractivity contribution in [2.45, 2.75) is 32.6 Å². The van der Waals surface area contributed by atoms with Crippen molar-refractivity contribution in [2.75, 3.05) is 48.0 Å². The van der Waals surface area contributed by atoms with Gasteiger partial charge in [0, 0.05) is 26.2 Å². The highest BCUT2D eigenvalue weighted by Crippen LogP contribution is 2.29. The maximum absolute atomic E-state index is 12.3. The lowest BCUT2D eigenvalue weighted by atomic mass is 10.2. The molecule has 3 aromatic rings. The highest BCUT2D eigenvalue weighted by molar-refractivity contribution is 5.89. The normalized spacial score (nSPS) is 15.6. The molecule has 0 bridgehead atoms. The number of hydrazone groups is 1. The molecule has 188 valence electrons. The minimum absolute atomic E-state index is 0.117. The van der Waals surface area contributed by atoms with Crippen molar-refractivity contribution in [1.82, 2.24) is 15.0 Å². The number of hydrogen-bond donors (Lipinski definition) is 1. The predicted octanol–water partition coefficient (Wildman–Crippen LogP) is 3.73. The second-order valence-electron chi connectivity index (χ2n) is 8.52. The average molecular weight is 492 g/mol. The Balaban J connectivity index is 1.31. The van der Waals surface area contributed by atoms with Gasteiger partial charge in [-0.1, -0.05) is 0 Å². The van der Waals surface area contributed by atoms with E-state index in [2.05, 4.69) is 30.3 Å². The van der Waals surface area contributed by atoms with Gasteiger partial charge in [0.05, 0.1) is 19.1 Å². The summed E-state index contributed by atoms with van der Waals surface area (Å²) in [6.07, 6.45) is 7.61. The van der Waals surface area contributed by atoms with Gasteiger partial charge in [0.15, 0.2) is 11.5 Å². The van der Waals surface area contributed by atoms with Crippen LogP contribution < -0.4 is 24.7 Å². The van der Waals surface area contributed by atoms with Crippen LogP contribution in [0.15, 0.2) is 46.1 Å². The molecule has 11 heteroatoms. The van der Waals surface area contributed by atoms with Crippen LogP contribution in [0.4, 0.5) is 17.8 Å². The number of esters is 1. The summed E-state index contributed by atoms with van der Waals surface area (Å²) in [7, 11) is 0. The highest BCUT2D eigenvalue weighted by atomic mass is 16.6. The van der Waals surface area contributed by atoms with E-state index in [1.807, 2.05) is 6.92 Å². The zero-order valence-corrected chi connectivity index (χ0v) is 20.2. The van der Waals surface area contributed by atoms with Gasteiger partial charge >= 0.3 is 5.97 Å². The molecule has 1 aromatic carbocycles. The molecule has 0 unspecified atom stereocenters. The second-order valence-corrected chi connectivity index (χ2v) is 8.52. The summed E-state index contributed by atoms with van der Waals surface area (Å²) in [5.74, 6) is 2.01. The molecular formula is C25H29N7O4. The van der Waals surface area contributed by atoms with Crippen LogP contribution in [0.2, 0.25) is 0 Å². The molecule has 0 aliphatic carbocycles. The van der Waals surface area contributed by atoms with Gasteiger partial charge in [0.25, 0.3) is 0 Å². The van der Waals surface area contributed by atoms with E-state index in [4.69, 9.17) is 18.9 Å². The fraction of sp³-hybridized carbons (Fsp3) is 0.400. The highest BCUT2D eigenvalue weighted by Gasteiger charge is 2.21. The summed E-state index contributed by atoms with van der Waals surface area (Å²) in [5, 5.41) is 4.34. The summed E-state index contributed by atoms with van der Waals surface area (Å²) in [5.41, 5.74) is 3.70. The zero-order chi connectivity index (χ0) is 24.7. The molecule has 2 aliphatic rings. The molecule has 2 aliphatic heterocycles. The summed E-state index contributed by atoms with van der Waals surface area (Å²) in [6, 6.07) is 8.35. The maximum Gasteiger partial charge on any atom is 0.379 e. The molecule has 2 aromatic heterocycles. The number of nitrogens with one attached hydrogen (secondary N) is 1. The van der Waals surface area contributed by atoms with Crippen LogP contribution >= 0.6 is 0 Å². The Morgan fingerprint density at radius 2 is 1.72 bits per heavy atom. The van der Waals surface area contributed by atoms with Crippen molar-refractivity contribution in [3.05, 3.63) is 47.9 Å². The number of nitrogens with zero attached hydrogens (tertiary/aromatic N) is 6. The minimum atomic E-state index is -0.596. The molecule has 11 nitrogen and oxygen atoms in total. The molecule has 0 atom stereocenters. The van der Waals surface area contributed by atoms with Crippen molar-refractivity contribution in [3.63, 3.8) is 0 Å². The van der Waals surface area contributed by atoms with Crippen molar-refractivity contribution in [3.8, 4) is 11.5 Å². The summed E-state index contributed by atoms with van der Waals surface area (Å²) in [6.45, 7) is 6.06. The van der Waals surface area contributed by atoms with Crippen molar-refractivity contribution >= 4 is 30.0 Å². The molecule has 0 spiro atoms. The van der Waals surface area contributed by atoms with E-state index in [0.717, 1.165) is 57.4 Å². The standard InChI is InChI=1S/C25H29N7O4/c1-2-34-21-16-18(9-10-19(21)36-22(33)20-8-7-15-35-20)17-26-30-23-27-24(31-11-3-4-12-31)29-25(28-23)32-13-5-6-14-32/h7-10,15-17H,2-6,11-14H2,1H3,(H,27,28,29,30). The summed E-state index contributed by atoms with van der Waals surface area (Å²) >= 11 is 0. The summed E-state index contributed by atoms with van der Waals surface area (Å²) < 4.78 is 16.2. The molecule has 2 saturated heterocycles. The third-order valence-electron chi connectivity index (χ3n) is 5.96. The SMILES string of the molecule is CCOc1cc(C=NNc2nc(N3CCCC3)nc(N3CCCC3)n2)ccc1OC(=O)c1ccco1. The van der Waals surface area contributed by atoms with Gasteiger partial charge in [-0.3, -0.25) is 0 Å². The molecule has 0 radical (unpaired) electrons. The first-order chi connectivity index (χ1) is 17.7. The predicted molar refractivity (Wildman–Crippen MR) is 135 cm³/mol. The monoisotopic (exact) mass is 491 g/mol. The number of anilines is 3. The van der Waals surface area contributed by atoms with Gasteiger partial charge in [-0.05, 0) is 68.5 Å². The fourth-order valence-corrected chi connectivity index (χ4v) is 4.19. The van der Waals surface area contributed by atoms with Crippen molar-refractivity contribution in [1.29, 1.82) is 0 Å². The smallest absolute Gasteiger partial charge is 0.379 e. The Morgan fingerprint density at radius 1 is 1.03 bits per heavy atom. The van der Waals surface area contributed by atoms with E-state index in [9.17, 15) is 4.79 Å². The number of rotatable bonds is 9. The molecule has 0 amide bonds. The number of aromatic nitrogens is 3. The zero-order valence-electron chi connectivity index (χ0n) is 20.2. The van der Waals surface area contributed by atoms with Crippen molar-refractivity contribution < 1.29 is 18.7 Å². The Labute approximate surface area is 209 Å². The van der Waals surface area contributed by atoms with E-state index < -0.39 is 5.97 Å². The van der Waals surface area contributed by atoms with Crippen LogP contribution in [0.25, 0.3) is 0 Å². The van der Waals surface area contributed by atoms with Gasteiger partial charge in [-0.25, -0.2) is 10.2 Å². The Hall–Kier alpha value is -4.15. The van der Waals surface area contributed by atoms with E-state index in [1.54, 1.807) is 36.5 Å². The molecule has 36 heavy (non-hydrogen) atoms. The first-order valence-electron chi connectivity index (χ1n) is 12.3. The number of furan rings is 1. The van der Waals surface area contributed by atoms with Gasteiger partial charge in [0.1, 0.15) is 0 Å². The number of carbonyl (C=O) groups excluding carboxylic acids is 1. The van der Waals surface area contributed by atoms with Gasteiger partial charge in [0.2, 0.25) is 23.6 Å². The lowest BCUT2D eigenvalue weighted by Gasteiger charge is -2.20. The Bertz CT molecular complexity index is 1170. The largest absolute Gasteiger partial charge is 0.490 e. The van der Waals surface area contributed by atoms with Crippen LogP contribution in [-0.2, 0) is 0 Å². The quantitative estimate of drug-likeness (QED) is 0.205. The molecular weight excluding hydrogens is 462 g/mol. The number of benzene rings is 1. The van der Waals surface area contributed by atoms with E-state index in [1.165, 1.54) is 6.26 Å². The van der Waals surface area contributed by atoms with Crippen LogP contribution in [0.3, 0.4) is 0 Å². The van der Waals surface area contributed by atoms with E-state index >= 15 is 0 Å². The van der Waals surface area contributed by atoms with Crippen molar-refractivity contribution in [2.24, 2.45) is 5.10 Å². The molecule has 0 saturated carbocycles. The molecule has 2 fully saturated rings. The lowest BCUT2D eigenvalue weighted by Crippen LogP contribution is -2.25. The van der Waals surface area contributed by atoms with Crippen LogP contribution in [0.1, 0.15) is 48.7 Å². The first-order valence-corrected chi connectivity index (χ1v) is 12.3. The third-order valence-corrected chi connectivity index (χ3v) is 5.96. The topological polar surface area (TPSA) is 118 Å². The third kappa shape index (κ3) is 5.56. The van der Waals surface area contributed by atoms with Gasteiger partial charge in [-0.15, -0.1) is 0 Å². The molecule has 4 heterocycles. The van der Waals surface area contributed by atoms with Crippen LogP contribution in [-0.4, -0.2) is 59.9 Å². The average Bonchev–Trinajstić information content (AvgIpc) is 3.69. The lowest BCUT2D eigenvalue weighted by molar-refractivity contribution is 0.0695. The minimum Gasteiger partial charge on any atom is -0.490 e. The first kappa shape index (κ1) is 23.6. The van der Waals surface area contributed by atoms with E-state index in [-0.39, 0.29) is 5.76 Å². The number of carbonyl (C=O) groups is 1. The second kappa shape index (κ2) is 11.1. The number of hydrogen-bond acceptors (Lipinski definition) is 11. The van der Waals surface area contributed by atoms with E-state index in [0.29, 0.717) is 36.0 Å². The molecule has 5 rings (SSSR count). The molecule has 1 N–H and O–H groups in total. The summed E-state index contributed by atoms with van der Waals surface area (Å²) in [4.78, 5) is 30.5. The van der Waals surface area contributed by atoms with Gasteiger partial charge < -0.3 is 23.7 Å². The Kier molecular flexibility index (Phi) is 7.25. The van der Waals surface area contributed by atoms with Crippen LogP contribution in [0, 0.1) is 0 Å². The van der Waals surface area contributed by atoms with Crippen LogP contribution in [0.5, 0.6) is 11.5 Å². The van der Waals surface area contributed by atoms with Gasteiger partial charge in [-0.2, -0.15) is 20.1 Å². The number of ether oxygens (including phenoxy) is 2.